The SMILES string of the molecule is CC(=O)NCCCCCC(=O)NCc1ccccc1-c1ccc([C@@H]2O[C@H](CSc3ccccn3)[C@H](C)[C@H](c3ccc(CO)cc3)O2)cc1. The maximum Gasteiger partial charge on any atom is 0.220 e. The second-order valence-corrected chi connectivity index (χ2v) is 13.2. The van der Waals surface area contributed by atoms with E-state index >= 15 is 0 Å². The van der Waals surface area contributed by atoms with Gasteiger partial charge in [-0.2, -0.15) is 0 Å². The number of unbranched alkanes of at least 4 members (excludes halogenated alkanes) is 2. The Hall–Kier alpha value is -4.02. The van der Waals surface area contributed by atoms with Crippen LogP contribution < -0.4 is 10.6 Å². The van der Waals surface area contributed by atoms with Crippen molar-refractivity contribution in [2.24, 2.45) is 5.92 Å². The lowest BCUT2D eigenvalue weighted by molar-refractivity contribution is -0.268. The summed E-state index contributed by atoms with van der Waals surface area (Å²) in [5.74, 6) is 0.818. The van der Waals surface area contributed by atoms with Crippen molar-refractivity contribution in [2.45, 2.75) is 76.2 Å². The van der Waals surface area contributed by atoms with Gasteiger partial charge in [0.2, 0.25) is 11.8 Å². The van der Waals surface area contributed by atoms with Gasteiger partial charge in [0, 0.05) is 49.9 Å². The molecule has 2 amide bonds. The molecule has 3 N–H and O–H groups in total. The lowest BCUT2D eigenvalue weighted by Gasteiger charge is -2.41. The lowest BCUT2D eigenvalue weighted by Crippen LogP contribution is -2.38. The Kier molecular flexibility index (Phi) is 13.2. The first-order valence-electron chi connectivity index (χ1n) is 16.6. The van der Waals surface area contributed by atoms with Gasteiger partial charge in [-0.05, 0) is 52.8 Å². The van der Waals surface area contributed by atoms with Crippen LogP contribution in [0.25, 0.3) is 11.1 Å². The van der Waals surface area contributed by atoms with Gasteiger partial charge in [-0.3, -0.25) is 9.59 Å². The fraction of sp³-hybridized carbons (Fsp3) is 0.359. The maximum absolute atomic E-state index is 12.5. The molecule has 1 aliphatic rings. The van der Waals surface area contributed by atoms with Crippen molar-refractivity contribution in [3.05, 3.63) is 119 Å². The summed E-state index contributed by atoms with van der Waals surface area (Å²) in [5, 5.41) is 16.4. The van der Waals surface area contributed by atoms with E-state index in [0.29, 0.717) is 19.5 Å². The number of hydrogen-bond acceptors (Lipinski definition) is 7. The number of hydrogen-bond donors (Lipinski definition) is 3. The van der Waals surface area contributed by atoms with Gasteiger partial charge in [-0.15, -0.1) is 11.8 Å². The second kappa shape index (κ2) is 17.9. The van der Waals surface area contributed by atoms with Crippen LogP contribution in [0.5, 0.6) is 0 Å². The van der Waals surface area contributed by atoms with Crippen LogP contribution in [0.4, 0.5) is 0 Å². The van der Waals surface area contributed by atoms with Gasteiger partial charge in [0.25, 0.3) is 0 Å². The Bertz CT molecular complexity index is 1600. The summed E-state index contributed by atoms with van der Waals surface area (Å²) in [6.07, 6.45) is 3.99. The molecule has 1 aromatic heterocycles. The third-order valence-electron chi connectivity index (χ3n) is 8.60. The zero-order valence-corrected chi connectivity index (χ0v) is 28.5. The van der Waals surface area contributed by atoms with Gasteiger partial charge < -0.3 is 25.2 Å². The van der Waals surface area contributed by atoms with Crippen molar-refractivity contribution in [3.63, 3.8) is 0 Å². The maximum atomic E-state index is 12.5. The lowest BCUT2D eigenvalue weighted by atomic mass is 9.91. The van der Waals surface area contributed by atoms with Gasteiger partial charge >= 0.3 is 0 Å². The molecule has 4 aromatic rings. The topological polar surface area (TPSA) is 110 Å². The zero-order chi connectivity index (χ0) is 33.7. The average molecular weight is 668 g/mol. The molecule has 48 heavy (non-hydrogen) atoms. The van der Waals surface area contributed by atoms with Gasteiger partial charge in [0.05, 0.1) is 23.8 Å². The number of rotatable bonds is 15. The molecule has 2 heterocycles. The monoisotopic (exact) mass is 667 g/mol. The number of carbonyl (C=O) groups excluding carboxylic acids is 2. The first-order valence-corrected chi connectivity index (χ1v) is 17.6. The van der Waals surface area contributed by atoms with E-state index in [2.05, 4.69) is 52.9 Å². The van der Waals surface area contributed by atoms with E-state index in [1.165, 1.54) is 6.92 Å². The number of thioether (sulfide) groups is 1. The van der Waals surface area contributed by atoms with Crippen molar-refractivity contribution in [1.82, 2.24) is 15.6 Å². The van der Waals surface area contributed by atoms with Crippen LogP contribution in [0.15, 0.2) is 102 Å². The first kappa shape index (κ1) is 35.3. The molecule has 8 nitrogen and oxygen atoms in total. The highest BCUT2D eigenvalue weighted by Crippen LogP contribution is 2.43. The number of benzene rings is 3. The predicted octanol–water partition coefficient (Wildman–Crippen LogP) is 7.14. The van der Waals surface area contributed by atoms with Crippen LogP contribution in [-0.4, -0.2) is 40.3 Å². The van der Waals surface area contributed by atoms with Crippen molar-refractivity contribution in [2.75, 3.05) is 12.3 Å². The van der Waals surface area contributed by atoms with Gasteiger partial charge in [-0.1, -0.05) is 92.2 Å². The standard InChI is InChI=1S/C39H45N3O5S/c1-27-35(26-48-37-13-7-9-23-41-37)46-39(47-38(27)31-16-14-29(25-43)15-17-31)32-20-18-30(19-21-32)34-11-6-5-10-33(34)24-42-36(45)12-4-3-8-22-40-28(2)44/h5-7,9-11,13-21,23,27,35,38-39,43H,3-4,8,12,22,24-26H2,1-2H3,(H,40,44)(H,42,45)/t27-,35+,38+,39+/m0/s1. The summed E-state index contributed by atoms with van der Waals surface area (Å²) in [6, 6.07) is 30.3. The van der Waals surface area contributed by atoms with Gasteiger partial charge in [0.15, 0.2) is 6.29 Å². The highest BCUT2D eigenvalue weighted by Gasteiger charge is 2.38. The molecule has 0 radical (unpaired) electrons. The van der Waals surface area contributed by atoms with Gasteiger partial charge in [-0.25, -0.2) is 4.98 Å². The Morgan fingerprint density at radius 3 is 2.33 bits per heavy atom. The molecule has 252 valence electrons. The van der Waals surface area contributed by atoms with Crippen molar-refractivity contribution < 1.29 is 24.2 Å². The fourth-order valence-corrected chi connectivity index (χ4v) is 6.85. The molecule has 0 bridgehead atoms. The molecule has 0 aliphatic carbocycles. The Labute approximate surface area is 287 Å². The number of ether oxygens (including phenoxy) is 2. The molecule has 0 unspecified atom stereocenters. The first-order chi connectivity index (χ1) is 23.4. The van der Waals surface area contributed by atoms with Crippen LogP contribution in [0.1, 0.15) is 74.2 Å². The number of nitrogens with one attached hydrogen (secondary N) is 2. The van der Waals surface area contributed by atoms with E-state index in [9.17, 15) is 14.7 Å². The quantitative estimate of drug-likeness (QED) is 0.0914. The van der Waals surface area contributed by atoms with Gasteiger partial charge in [0.1, 0.15) is 0 Å². The molecular weight excluding hydrogens is 623 g/mol. The molecule has 4 atom stereocenters. The van der Waals surface area contributed by atoms with E-state index < -0.39 is 6.29 Å². The van der Waals surface area contributed by atoms with Crippen LogP contribution >= 0.6 is 11.8 Å². The minimum absolute atomic E-state index is 0.000404. The summed E-state index contributed by atoms with van der Waals surface area (Å²) in [6.45, 7) is 4.77. The predicted molar refractivity (Wildman–Crippen MR) is 189 cm³/mol. The van der Waals surface area contributed by atoms with Crippen LogP contribution in [0.3, 0.4) is 0 Å². The molecule has 9 heteroatoms. The van der Waals surface area contributed by atoms with Crippen LogP contribution in [0.2, 0.25) is 0 Å². The van der Waals surface area contributed by atoms with Crippen molar-refractivity contribution >= 4 is 23.6 Å². The summed E-state index contributed by atoms with van der Waals surface area (Å²) in [4.78, 5) is 28.0. The summed E-state index contributed by atoms with van der Waals surface area (Å²) in [5.41, 5.74) is 6.00. The largest absolute Gasteiger partial charge is 0.392 e. The molecule has 1 fully saturated rings. The number of pyridine rings is 1. The molecule has 0 saturated carbocycles. The molecule has 0 spiro atoms. The number of carbonyl (C=O) groups is 2. The van der Waals surface area contributed by atoms with Crippen LogP contribution in [0, 0.1) is 5.92 Å². The highest BCUT2D eigenvalue weighted by atomic mass is 32.2. The van der Waals surface area contributed by atoms with E-state index in [0.717, 1.165) is 63.4 Å². The zero-order valence-electron chi connectivity index (χ0n) is 27.6. The molecule has 5 rings (SSSR count). The number of aliphatic hydroxyl groups excluding tert-OH is 1. The molecular formula is C39H45N3O5S. The van der Waals surface area contributed by atoms with Crippen molar-refractivity contribution in [3.8, 4) is 11.1 Å². The summed E-state index contributed by atoms with van der Waals surface area (Å²) in [7, 11) is 0. The molecule has 1 saturated heterocycles. The average Bonchev–Trinajstić information content (AvgIpc) is 3.12. The normalized spacial score (nSPS) is 19.1. The third-order valence-corrected chi connectivity index (χ3v) is 9.63. The number of aliphatic hydroxyl groups is 1. The van der Waals surface area contributed by atoms with E-state index in [1.54, 1.807) is 18.0 Å². The number of amides is 2. The van der Waals surface area contributed by atoms with E-state index in [1.807, 2.05) is 60.7 Å². The molecule has 1 aliphatic heterocycles. The third kappa shape index (κ3) is 10.00. The minimum atomic E-state index is -0.556. The number of aromatic nitrogens is 1. The number of nitrogens with zero attached hydrogens (tertiary/aromatic N) is 1. The Morgan fingerprint density at radius 1 is 0.854 bits per heavy atom. The second-order valence-electron chi connectivity index (χ2n) is 12.2. The van der Waals surface area contributed by atoms with Crippen molar-refractivity contribution in [1.29, 1.82) is 0 Å². The highest BCUT2D eigenvalue weighted by molar-refractivity contribution is 7.99. The molecule has 3 aromatic carbocycles. The Balaban J connectivity index is 1.25. The summed E-state index contributed by atoms with van der Waals surface area (Å²) < 4.78 is 13.3. The fourth-order valence-electron chi connectivity index (χ4n) is 5.82. The van der Waals surface area contributed by atoms with Crippen LogP contribution in [-0.2, 0) is 32.2 Å². The minimum Gasteiger partial charge on any atom is -0.392 e. The van der Waals surface area contributed by atoms with E-state index in [-0.39, 0.29) is 36.5 Å². The Morgan fingerprint density at radius 2 is 1.60 bits per heavy atom. The smallest absolute Gasteiger partial charge is 0.220 e. The van der Waals surface area contributed by atoms with E-state index in [4.69, 9.17) is 9.47 Å². The summed E-state index contributed by atoms with van der Waals surface area (Å²) >= 11 is 1.68.